The molecule has 1 saturated heterocycles. The summed E-state index contributed by atoms with van der Waals surface area (Å²) in [7, 11) is 0. The lowest BCUT2D eigenvalue weighted by Crippen LogP contribution is -2.48. The van der Waals surface area contributed by atoms with Gasteiger partial charge in [-0.05, 0) is 67.1 Å². The van der Waals surface area contributed by atoms with Crippen molar-refractivity contribution < 1.29 is 19.1 Å². The number of carbonyl (C=O) groups excluding carboxylic acids is 2. The van der Waals surface area contributed by atoms with Crippen molar-refractivity contribution in [2.24, 2.45) is 5.92 Å². The van der Waals surface area contributed by atoms with Gasteiger partial charge in [-0.15, -0.1) is 0 Å². The van der Waals surface area contributed by atoms with Gasteiger partial charge in [0.1, 0.15) is 12.4 Å². The molecule has 5 rings (SSSR count). The number of ether oxygens (including phenoxy) is 2. The average Bonchev–Trinajstić information content (AvgIpc) is 3.06. The number of rotatable bonds is 11. The molecule has 2 unspecified atom stereocenters. The van der Waals surface area contributed by atoms with Gasteiger partial charge in [0.15, 0.2) is 0 Å². The lowest BCUT2D eigenvalue weighted by Gasteiger charge is -2.40. The monoisotopic (exact) mass is 720 g/mol. The van der Waals surface area contributed by atoms with Crippen LogP contribution in [0.2, 0.25) is 5.02 Å². The van der Waals surface area contributed by atoms with Gasteiger partial charge >= 0.3 is 6.03 Å². The number of urea groups is 1. The molecule has 0 aromatic heterocycles. The number of hydrogen-bond donors (Lipinski definition) is 1. The van der Waals surface area contributed by atoms with E-state index in [4.69, 9.17) is 55.9 Å². The number of nitrogens with zero attached hydrogens (tertiary/aromatic N) is 3. The summed E-state index contributed by atoms with van der Waals surface area (Å²) in [6, 6.07) is 23.9. The van der Waals surface area contributed by atoms with Crippen molar-refractivity contribution in [1.29, 1.82) is 0 Å². The molecule has 2 atom stereocenters. The molecule has 2 aliphatic rings. The van der Waals surface area contributed by atoms with Crippen LogP contribution >= 0.6 is 46.4 Å². The lowest BCUT2D eigenvalue weighted by atomic mass is 9.84. The molecular weight excluding hydrogens is 682 g/mol. The molecule has 0 radical (unpaired) electrons. The second kappa shape index (κ2) is 17.1. The maximum atomic E-state index is 13.9. The van der Waals surface area contributed by atoms with Crippen molar-refractivity contribution in [3.63, 3.8) is 0 Å². The van der Waals surface area contributed by atoms with Crippen LogP contribution in [0, 0.1) is 5.92 Å². The third kappa shape index (κ3) is 10.6. The number of morpholine rings is 1. The first kappa shape index (κ1) is 35.6. The molecule has 0 spiro atoms. The average molecular weight is 723 g/mol. The van der Waals surface area contributed by atoms with E-state index in [1.54, 1.807) is 15.9 Å². The molecule has 2 fully saturated rings. The van der Waals surface area contributed by atoms with Crippen molar-refractivity contribution in [2.45, 2.75) is 42.1 Å². The second-order valence-electron chi connectivity index (χ2n) is 12.0. The Morgan fingerprint density at radius 3 is 2.47 bits per heavy atom. The summed E-state index contributed by atoms with van der Waals surface area (Å²) in [6.07, 6.45) is 3.13. The summed E-state index contributed by atoms with van der Waals surface area (Å²) >= 11 is 24.7. The van der Waals surface area contributed by atoms with E-state index in [9.17, 15) is 9.59 Å². The van der Waals surface area contributed by atoms with Crippen molar-refractivity contribution in [1.82, 2.24) is 9.80 Å². The summed E-state index contributed by atoms with van der Waals surface area (Å²) in [5.74, 6) is 0.190. The van der Waals surface area contributed by atoms with Crippen LogP contribution in [0.3, 0.4) is 0 Å². The predicted molar refractivity (Wildman–Crippen MR) is 190 cm³/mol. The predicted octanol–water partition coefficient (Wildman–Crippen LogP) is 8.05. The molecule has 252 valence electrons. The van der Waals surface area contributed by atoms with Gasteiger partial charge in [0, 0.05) is 61.2 Å². The fourth-order valence-electron chi connectivity index (χ4n) is 6.21. The van der Waals surface area contributed by atoms with Crippen molar-refractivity contribution >= 4 is 69.7 Å². The third-order valence-corrected chi connectivity index (χ3v) is 9.28. The number of amides is 3. The smallest absolute Gasteiger partial charge is 0.326 e. The molecule has 3 aromatic carbocycles. The van der Waals surface area contributed by atoms with E-state index in [0.29, 0.717) is 36.0 Å². The fraction of sp³-hybridized carbons (Fsp3) is 0.429. The van der Waals surface area contributed by atoms with Gasteiger partial charge in [0.25, 0.3) is 9.70 Å². The molecule has 8 nitrogen and oxygen atoms in total. The van der Waals surface area contributed by atoms with E-state index in [0.717, 1.165) is 63.4 Å². The number of benzene rings is 3. The minimum atomic E-state index is -2.10. The Bertz CT molecular complexity index is 1470. The lowest BCUT2D eigenvalue weighted by molar-refractivity contribution is -0.134. The maximum Gasteiger partial charge on any atom is 0.326 e. The molecule has 1 N–H and O–H groups in total. The molecule has 1 aliphatic heterocycles. The fourth-order valence-corrected chi connectivity index (χ4v) is 6.75. The van der Waals surface area contributed by atoms with Gasteiger partial charge in [0.2, 0.25) is 0 Å². The van der Waals surface area contributed by atoms with Gasteiger partial charge in [0.05, 0.1) is 13.2 Å². The molecule has 1 aliphatic carbocycles. The van der Waals surface area contributed by atoms with E-state index in [-0.39, 0.29) is 24.5 Å². The van der Waals surface area contributed by atoms with Crippen LogP contribution in [0.1, 0.15) is 31.2 Å². The molecule has 47 heavy (non-hydrogen) atoms. The number of halogens is 4. The Kier molecular flexibility index (Phi) is 12.9. The van der Waals surface area contributed by atoms with E-state index in [1.807, 2.05) is 72.8 Å². The Balaban J connectivity index is 1.33. The summed E-state index contributed by atoms with van der Waals surface area (Å²) in [6.45, 7) is 5.27. The van der Waals surface area contributed by atoms with E-state index in [2.05, 4.69) is 10.2 Å². The number of nitrogens with one attached hydrogen (secondary N) is 1. The van der Waals surface area contributed by atoms with Crippen LogP contribution in [0.5, 0.6) is 5.75 Å². The van der Waals surface area contributed by atoms with Crippen LogP contribution in [0.25, 0.3) is 0 Å². The SMILES string of the molecule is O=C(Nc1ccccc1)N(CC1CCCC(N(Cc2cccc(Cl)c2)C(=O)C(Cl)(Cl)Cl)C1)c1cccc(OCCN2CCOCC2)c1. The van der Waals surface area contributed by atoms with Crippen molar-refractivity contribution in [2.75, 3.05) is 56.2 Å². The van der Waals surface area contributed by atoms with Crippen LogP contribution in [-0.2, 0) is 16.1 Å². The molecular formula is C35H40Cl4N4O4. The van der Waals surface area contributed by atoms with Crippen LogP contribution in [-0.4, -0.2) is 77.6 Å². The quantitative estimate of drug-likeness (QED) is 0.203. The summed E-state index contributed by atoms with van der Waals surface area (Å²) < 4.78 is 9.47. The largest absolute Gasteiger partial charge is 0.492 e. The highest BCUT2D eigenvalue weighted by Crippen LogP contribution is 2.36. The molecule has 12 heteroatoms. The van der Waals surface area contributed by atoms with Gasteiger partial charge in [-0.2, -0.15) is 0 Å². The highest BCUT2D eigenvalue weighted by atomic mass is 35.6. The van der Waals surface area contributed by atoms with Crippen molar-refractivity contribution in [3.05, 3.63) is 89.4 Å². The molecule has 1 saturated carbocycles. The Morgan fingerprint density at radius 1 is 0.957 bits per heavy atom. The maximum absolute atomic E-state index is 13.9. The third-order valence-electron chi connectivity index (χ3n) is 8.56. The normalized spacial score (nSPS) is 18.7. The van der Waals surface area contributed by atoms with Crippen LogP contribution in [0.15, 0.2) is 78.9 Å². The van der Waals surface area contributed by atoms with Gasteiger partial charge in [-0.25, -0.2) is 4.79 Å². The summed E-state index contributed by atoms with van der Waals surface area (Å²) in [5, 5.41) is 3.61. The zero-order chi connectivity index (χ0) is 33.2. The Labute approximate surface area is 296 Å². The minimum Gasteiger partial charge on any atom is -0.492 e. The highest BCUT2D eigenvalue weighted by Gasteiger charge is 2.40. The van der Waals surface area contributed by atoms with Gasteiger partial charge in [-0.1, -0.05) is 89.2 Å². The molecule has 0 bridgehead atoms. The Morgan fingerprint density at radius 2 is 1.72 bits per heavy atom. The number of anilines is 2. The van der Waals surface area contributed by atoms with Gasteiger partial charge < -0.3 is 19.7 Å². The minimum absolute atomic E-state index is 0.0752. The first-order valence-corrected chi connectivity index (χ1v) is 17.5. The number of alkyl halides is 3. The summed E-state index contributed by atoms with van der Waals surface area (Å²) in [5.41, 5.74) is 2.26. The summed E-state index contributed by atoms with van der Waals surface area (Å²) in [4.78, 5) is 33.0. The number of para-hydroxylation sites is 1. The van der Waals surface area contributed by atoms with E-state index in [1.165, 1.54) is 0 Å². The van der Waals surface area contributed by atoms with Gasteiger partial charge in [-0.3, -0.25) is 14.6 Å². The topological polar surface area (TPSA) is 74.4 Å². The zero-order valence-electron chi connectivity index (χ0n) is 26.1. The standard InChI is InChI=1S/C35H40Cl4N4O4/c36-28-9-4-7-26(21-28)24-42(33(44)35(37,38)39)30-12-5-8-27(22-30)25-43(34(45)40-29-10-2-1-3-11-29)31-13-6-14-32(23-31)47-20-17-41-15-18-46-19-16-41/h1-4,6-7,9-11,13-14,21,23,27,30H,5,8,12,15-20,22,24-25H2,(H,40,45). The van der Waals surface area contributed by atoms with Crippen LogP contribution < -0.4 is 15.0 Å². The molecule has 1 heterocycles. The second-order valence-corrected chi connectivity index (χ2v) is 14.7. The first-order chi connectivity index (χ1) is 22.7. The number of hydrogen-bond acceptors (Lipinski definition) is 5. The Hall–Kier alpha value is -2.72. The highest BCUT2D eigenvalue weighted by molar-refractivity contribution is 6.76. The van der Waals surface area contributed by atoms with E-state index >= 15 is 0 Å². The molecule has 3 amide bonds. The van der Waals surface area contributed by atoms with Crippen LogP contribution in [0.4, 0.5) is 16.2 Å². The zero-order valence-corrected chi connectivity index (χ0v) is 29.2. The molecule has 3 aromatic rings. The van der Waals surface area contributed by atoms with E-state index < -0.39 is 9.70 Å². The first-order valence-electron chi connectivity index (χ1n) is 15.9. The van der Waals surface area contributed by atoms with Crippen molar-refractivity contribution in [3.8, 4) is 5.75 Å². The number of carbonyl (C=O) groups is 2.